The minimum atomic E-state index is -1.49. The molecule has 0 saturated carbocycles. The summed E-state index contributed by atoms with van der Waals surface area (Å²) in [7, 11) is -1.49. The number of carbonyl (C=O) groups is 5. The Labute approximate surface area is 189 Å². The van der Waals surface area contributed by atoms with E-state index in [9.17, 15) is 34.1 Å². The molecule has 5 N–H and O–H groups in total. The van der Waals surface area contributed by atoms with Crippen molar-refractivity contribution in [3.8, 4) is 5.75 Å². The van der Waals surface area contributed by atoms with Crippen LogP contribution in [0, 0.1) is 0 Å². The Morgan fingerprint density at radius 2 is 2.00 bits per heavy atom. The third kappa shape index (κ3) is 5.15. The van der Waals surface area contributed by atoms with Gasteiger partial charge < -0.3 is 30.7 Å². The number of carboxylic acid groups (broad SMARTS) is 1. The minimum absolute atomic E-state index is 0.0419. The van der Waals surface area contributed by atoms with Crippen molar-refractivity contribution in [1.82, 2.24) is 15.1 Å². The highest BCUT2D eigenvalue weighted by atomic mass is 16.5. The topological polar surface area (TPSA) is 180 Å². The number of piperazine rings is 1. The number of likely N-dealkylation sites (N-methyl/N-ethyl adjacent to an activating group) is 1. The number of nitrogens with one attached hydrogen (secondary N) is 1. The van der Waals surface area contributed by atoms with Crippen LogP contribution in [0.1, 0.15) is 35.7 Å². The molecular weight excluding hydrogens is 435 g/mol. The van der Waals surface area contributed by atoms with Crippen LogP contribution in [0.3, 0.4) is 0 Å². The first-order valence-corrected chi connectivity index (χ1v) is 10.5. The van der Waals surface area contributed by atoms with E-state index in [1.807, 2.05) is 0 Å². The molecule has 3 rings (SSSR count). The largest absolute Gasteiger partial charge is 0.547 e. The van der Waals surface area contributed by atoms with Crippen molar-refractivity contribution in [2.75, 3.05) is 19.6 Å². The maximum absolute atomic E-state index is 12.5. The van der Waals surface area contributed by atoms with Crippen molar-refractivity contribution in [2.45, 2.75) is 38.2 Å². The fourth-order valence-electron chi connectivity index (χ4n) is 3.77. The predicted octanol–water partition coefficient (Wildman–Crippen LogP) is -1.85. The summed E-state index contributed by atoms with van der Waals surface area (Å²) < 4.78 is 5.32. The molecule has 0 radical (unpaired) electrons. The Morgan fingerprint density at radius 3 is 2.67 bits per heavy atom. The maximum Gasteiger partial charge on any atom is 0.547 e. The van der Waals surface area contributed by atoms with E-state index in [4.69, 9.17) is 10.4 Å². The summed E-state index contributed by atoms with van der Waals surface area (Å²) in [6, 6.07) is 3.39. The van der Waals surface area contributed by atoms with Gasteiger partial charge in [-0.1, -0.05) is 12.1 Å². The zero-order chi connectivity index (χ0) is 24.3. The molecule has 0 aliphatic carbocycles. The van der Waals surface area contributed by atoms with Gasteiger partial charge in [0, 0.05) is 26.1 Å². The van der Waals surface area contributed by atoms with E-state index >= 15 is 0 Å². The Kier molecular flexibility index (Phi) is 7.34. The lowest BCUT2D eigenvalue weighted by Crippen LogP contribution is -2.57. The molecule has 1 saturated heterocycles. The number of nitrogens with zero attached hydrogens (tertiary/aromatic N) is 2. The molecule has 4 amide bonds. The number of rotatable bonds is 7. The highest BCUT2D eigenvalue weighted by molar-refractivity contribution is 6.47. The van der Waals surface area contributed by atoms with E-state index in [-0.39, 0.29) is 43.7 Å². The second-order valence-corrected chi connectivity index (χ2v) is 7.81. The molecule has 2 aliphatic rings. The zero-order valence-corrected chi connectivity index (χ0v) is 18.0. The number of amides is 4. The lowest BCUT2D eigenvalue weighted by atomic mass is 9.72. The van der Waals surface area contributed by atoms with Gasteiger partial charge in [-0.05, 0) is 31.4 Å². The number of nitrogens with two attached hydrogens (primary N) is 1. The number of carboxylic acids is 1. The van der Waals surface area contributed by atoms with Crippen molar-refractivity contribution in [1.29, 1.82) is 0 Å². The average Bonchev–Trinajstić information content (AvgIpc) is 2.78. The first-order valence-electron chi connectivity index (χ1n) is 10.5. The average molecular weight is 460 g/mol. The summed E-state index contributed by atoms with van der Waals surface area (Å²) in [6.45, 7) is 2.45. The SMILES string of the molecule is CCN1CCN(C(=O)CC[C@H](N)C(=O)N[C@H]2Cc3cccc(C(=O)O)c3OB2O)C(=O)C1=O. The van der Waals surface area contributed by atoms with E-state index in [1.165, 1.54) is 17.0 Å². The third-order valence-electron chi connectivity index (χ3n) is 5.67. The molecule has 0 unspecified atom stereocenters. The van der Waals surface area contributed by atoms with Crippen LogP contribution in [0.25, 0.3) is 0 Å². The molecule has 1 fully saturated rings. The van der Waals surface area contributed by atoms with E-state index in [1.54, 1.807) is 13.0 Å². The molecule has 0 aromatic heterocycles. The molecule has 1 aromatic rings. The second kappa shape index (κ2) is 10.0. The summed E-state index contributed by atoms with van der Waals surface area (Å²) in [4.78, 5) is 62.4. The number of para-hydroxylation sites is 1. The van der Waals surface area contributed by atoms with Crippen LogP contribution in [-0.2, 0) is 25.6 Å². The smallest absolute Gasteiger partial charge is 0.534 e. The first kappa shape index (κ1) is 24.2. The van der Waals surface area contributed by atoms with Crippen LogP contribution in [0.4, 0.5) is 0 Å². The molecule has 2 aliphatic heterocycles. The van der Waals surface area contributed by atoms with Crippen LogP contribution in [-0.4, -0.2) is 88.3 Å². The van der Waals surface area contributed by atoms with Crippen molar-refractivity contribution in [3.05, 3.63) is 29.3 Å². The Balaban J connectivity index is 1.54. The van der Waals surface area contributed by atoms with E-state index in [0.717, 1.165) is 4.90 Å². The number of hydrogen-bond acceptors (Lipinski definition) is 8. The number of benzene rings is 1. The summed E-state index contributed by atoms with van der Waals surface area (Å²) in [5, 5.41) is 22.0. The van der Waals surface area contributed by atoms with Crippen molar-refractivity contribution < 1.29 is 38.8 Å². The highest BCUT2D eigenvalue weighted by Gasteiger charge is 2.39. The molecule has 0 spiro atoms. The first-order chi connectivity index (χ1) is 15.6. The molecule has 33 heavy (non-hydrogen) atoms. The van der Waals surface area contributed by atoms with E-state index in [0.29, 0.717) is 12.1 Å². The van der Waals surface area contributed by atoms with Gasteiger partial charge in [-0.15, -0.1) is 0 Å². The number of aromatic carboxylic acids is 1. The van der Waals surface area contributed by atoms with Gasteiger partial charge in [-0.25, -0.2) is 4.79 Å². The van der Waals surface area contributed by atoms with Gasteiger partial charge in [0.05, 0.1) is 17.5 Å². The molecular formula is C20H25BN4O8. The number of hydrogen-bond donors (Lipinski definition) is 4. The van der Waals surface area contributed by atoms with Crippen LogP contribution in [0.2, 0.25) is 0 Å². The molecule has 176 valence electrons. The number of fused-ring (bicyclic) bond motifs is 1. The molecule has 13 heteroatoms. The van der Waals surface area contributed by atoms with Crippen LogP contribution >= 0.6 is 0 Å². The molecule has 12 nitrogen and oxygen atoms in total. The van der Waals surface area contributed by atoms with Crippen LogP contribution < -0.4 is 15.7 Å². The van der Waals surface area contributed by atoms with Crippen LogP contribution in [0.15, 0.2) is 18.2 Å². The van der Waals surface area contributed by atoms with Crippen molar-refractivity contribution in [2.24, 2.45) is 5.73 Å². The molecule has 0 bridgehead atoms. The Morgan fingerprint density at radius 1 is 1.27 bits per heavy atom. The lowest BCUT2D eigenvalue weighted by molar-refractivity contribution is -0.161. The monoisotopic (exact) mass is 460 g/mol. The fraction of sp³-hybridized carbons (Fsp3) is 0.450. The van der Waals surface area contributed by atoms with Gasteiger partial charge in [0.2, 0.25) is 11.8 Å². The van der Waals surface area contributed by atoms with Crippen molar-refractivity contribution >= 4 is 36.7 Å². The van der Waals surface area contributed by atoms with Gasteiger partial charge in [0.1, 0.15) is 5.75 Å². The van der Waals surface area contributed by atoms with E-state index in [2.05, 4.69) is 5.32 Å². The minimum Gasteiger partial charge on any atom is -0.534 e. The second-order valence-electron chi connectivity index (χ2n) is 7.81. The summed E-state index contributed by atoms with van der Waals surface area (Å²) in [6.07, 6.45) is -0.175. The fourth-order valence-corrected chi connectivity index (χ4v) is 3.77. The van der Waals surface area contributed by atoms with Crippen molar-refractivity contribution in [3.63, 3.8) is 0 Å². The highest BCUT2D eigenvalue weighted by Crippen LogP contribution is 2.30. The predicted molar refractivity (Wildman–Crippen MR) is 114 cm³/mol. The van der Waals surface area contributed by atoms with Gasteiger partial charge in [0.15, 0.2) is 0 Å². The summed E-state index contributed by atoms with van der Waals surface area (Å²) in [5.41, 5.74) is 6.28. The third-order valence-corrected chi connectivity index (χ3v) is 5.67. The lowest BCUT2D eigenvalue weighted by Gasteiger charge is -2.32. The number of carbonyl (C=O) groups excluding carboxylic acids is 4. The maximum atomic E-state index is 12.5. The van der Waals surface area contributed by atoms with Gasteiger partial charge >= 0.3 is 24.9 Å². The quantitative estimate of drug-likeness (QED) is 0.268. The zero-order valence-electron chi connectivity index (χ0n) is 18.0. The van der Waals surface area contributed by atoms with E-state index < -0.39 is 48.7 Å². The van der Waals surface area contributed by atoms with Gasteiger partial charge in [0.25, 0.3) is 0 Å². The van der Waals surface area contributed by atoms with Gasteiger partial charge in [-0.2, -0.15) is 0 Å². The normalized spacial score (nSPS) is 19.0. The molecule has 2 atom stereocenters. The van der Waals surface area contributed by atoms with Gasteiger partial charge in [-0.3, -0.25) is 24.1 Å². The Bertz CT molecular complexity index is 987. The summed E-state index contributed by atoms with van der Waals surface area (Å²) in [5.74, 6) is -4.92. The standard InChI is InChI=1S/C20H25BN4O8/c1-2-24-8-9-25(19(29)18(24)28)15(26)7-6-13(22)17(27)23-14-10-11-4-3-5-12(20(30)31)16(11)33-21(14)32/h3-5,13-14,32H,2,6-10,22H2,1H3,(H,23,27)(H,30,31)/t13-,14-/m0/s1. The van der Waals surface area contributed by atoms with Crippen LogP contribution in [0.5, 0.6) is 5.75 Å². The molecule has 2 heterocycles. The number of imide groups is 1. The Hall–Kier alpha value is -3.45. The summed E-state index contributed by atoms with van der Waals surface area (Å²) >= 11 is 0. The molecule has 1 aromatic carbocycles.